The van der Waals surface area contributed by atoms with Crippen molar-refractivity contribution in [2.75, 3.05) is 44.9 Å². The van der Waals surface area contributed by atoms with E-state index in [1.54, 1.807) is 27.3 Å². The number of fused-ring (bicyclic) bond motifs is 1. The maximum Gasteiger partial charge on any atom is 0.213 e. The molecule has 2 aromatic carbocycles. The summed E-state index contributed by atoms with van der Waals surface area (Å²) in [5.41, 5.74) is 3.01. The molecule has 3 rings (SSSR count). The Kier molecular flexibility index (Phi) is 7.93. The summed E-state index contributed by atoms with van der Waals surface area (Å²) in [5.74, 6) is 1.48. The SMILES string of the molecule is CCN(CCCNc1cc(-c2ccc(OC)c(OC)c2)cc2ccncc12)S(=O)(=O)CC. The molecule has 0 aliphatic rings. The van der Waals surface area contributed by atoms with E-state index in [1.165, 1.54) is 4.31 Å². The van der Waals surface area contributed by atoms with Crippen LogP contribution in [0.3, 0.4) is 0 Å². The zero-order valence-electron chi connectivity index (χ0n) is 19.1. The van der Waals surface area contributed by atoms with E-state index in [-0.39, 0.29) is 5.75 Å². The van der Waals surface area contributed by atoms with Gasteiger partial charge in [0.15, 0.2) is 11.5 Å². The molecule has 32 heavy (non-hydrogen) atoms. The molecular weight excluding hydrogens is 426 g/mol. The van der Waals surface area contributed by atoms with E-state index < -0.39 is 10.0 Å². The van der Waals surface area contributed by atoms with Crippen LogP contribution in [0, 0.1) is 0 Å². The van der Waals surface area contributed by atoms with E-state index in [1.807, 2.05) is 37.4 Å². The van der Waals surface area contributed by atoms with Gasteiger partial charge in [0.25, 0.3) is 0 Å². The highest BCUT2D eigenvalue weighted by Crippen LogP contribution is 2.35. The second-order valence-corrected chi connectivity index (χ2v) is 9.62. The van der Waals surface area contributed by atoms with E-state index in [0.717, 1.165) is 27.6 Å². The van der Waals surface area contributed by atoms with Gasteiger partial charge in [-0.05, 0) is 60.2 Å². The van der Waals surface area contributed by atoms with Crippen molar-refractivity contribution < 1.29 is 17.9 Å². The third-order valence-corrected chi connectivity index (χ3v) is 7.44. The molecule has 0 saturated carbocycles. The highest BCUT2D eigenvalue weighted by Gasteiger charge is 2.17. The van der Waals surface area contributed by atoms with Crippen LogP contribution in [0.1, 0.15) is 20.3 Å². The maximum atomic E-state index is 12.1. The molecule has 3 aromatic rings. The summed E-state index contributed by atoms with van der Waals surface area (Å²) in [5, 5.41) is 5.57. The Hall–Kier alpha value is -2.84. The Labute approximate surface area is 190 Å². The van der Waals surface area contributed by atoms with E-state index >= 15 is 0 Å². The summed E-state index contributed by atoms with van der Waals surface area (Å²) >= 11 is 0. The van der Waals surface area contributed by atoms with Gasteiger partial charge >= 0.3 is 0 Å². The quantitative estimate of drug-likeness (QED) is 0.430. The molecular formula is C24H31N3O4S. The molecule has 0 spiro atoms. The maximum absolute atomic E-state index is 12.1. The van der Waals surface area contributed by atoms with Crippen molar-refractivity contribution in [3.63, 3.8) is 0 Å². The highest BCUT2D eigenvalue weighted by atomic mass is 32.2. The van der Waals surface area contributed by atoms with Crippen LogP contribution in [0.15, 0.2) is 48.8 Å². The number of pyridine rings is 1. The molecule has 8 heteroatoms. The lowest BCUT2D eigenvalue weighted by Gasteiger charge is -2.20. The van der Waals surface area contributed by atoms with Gasteiger partial charge < -0.3 is 14.8 Å². The van der Waals surface area contributed by atoms with Crippen molar-refractivity contribution in [1.29, 1.82) is 0 Å². The molecule has 7 nitrogen and oxygen atoms in total. The topological polar surface area (TPSA) is 80.8 Å². The monoisotopic (exact) mass is 457 g/mol. The number of rotatable bonds is 11. The van der Waals surface area contributed by atoms with Crippen molar-refractivity contribution in [3.05, 3.63) is 48.8 Å². The minimum Gasteiger partial charge on any atom is -0.493 e. The summed E-state index contributed by atoms with van der Waals surface area (Å²) in [4.78, 5) is 4.28. The third kappa shape index (κ3) is 5.31. The first-order valence-electron chi connectivity index (χ1n) is 10.7. The number of sulfonamides is 1. The summed E-state index contributed by atoms with van der Waals surface area (Å²) < 4.78 is 36.6. The molecule has 0 radical (unpaired) electrons. The van der Waals surface area contributed by atoms with Gasteiger partial charge in [0, 0.05) is 43.1 Å². The molecule has 0 amide bonds. The molecule has 0 unspecified atom stereocenters. The Balaban J connectivity index is 1.84. The van der Waals surface area contributed by atoms with Crippen LogP contribution < -0.4 is 14.8 Å². The largest absolute Gasteiger partial charge is 0.493 e. The van der Waals surface area contributed by atoms with Crippen LogP contribution in [-0.2, 0) is 10.0 Å². The Morgan fingerprint density at radius 2 is 1.78 bits per heavy atom. The van der Waals surface area contributed by atoms with Crippen molar-refractivity contribution in [1.82, 2.24) is 9.29 Å². The minimum absolute atomic E-state index is 0.123. The molecule has 0 aliphatic carbocycles. The van der Waals surface area contributed by atoms with Gasteiger partial charge in [-0.2, -0.15) is 0 Å². The minimum atomic E-state index is -3.17. The summed E-state index contributed by atoms with van der Waals surface area (Å²) in [6.45, 7) is 5.17. The van der Waals surface area contributed by atoms with Crippen LogP contribution >= 0.6 is 0 Å². The fourth-order valence-corrected chi connectivity index (χ4v) is 4.85. The third-order valence-electron chi connectivity index (χ3n) is 5.48. The summed E-state index contributed by atoms with van der Waals surface area (Å²) in [6, 6.07) is 12.0. The fraction of sp³-hybridized carbons (Fsp3) is 0.375. The second-order valence-electron chi connectivity index (χ2n) is 7.36. The average molecular weight is 458 g/mol. The molecule has 1 N–H and O–H groups in total. The van der Waals surface area contributed by atoms with Crippen molar-refractivity contribution in [2.24, 2.45) is 0 Å². The number of hydrogen-bond acceptors (Lipinski definition) is 6. The predicted octanol–water partition coefficient (Wildman–Crippen LogP) is 4.39. The summed E-state index contributed by atoms with van der Waals surface area (Å²) in [6.07, 6.45) is 4.32. The van der Waals surface area contributed by atoms with Crippen LogP contribution in [-0.4, -0.2) is 57.3 Å². The van der Waals surface area contributed by atoms with E-state index in [2.05, 4.69) is 22.4 Å². The lowest BCUT2D eigenvalue weighted by Crippen LogP contribution is -2.33. The fourth-order valence-electron chi connectivity index (χ4n) is 3.68. The number of nitrogens with one attached hydrogen (secondary N) is 1. The normalized spacial score (nSPS) is 11.7. The van der Waals surface area contributed by atoms with Gasteiger partial charge in [-0.1, -0.05) is 13.0 Å². The van der Waals surface area contributed by atoms with Gasteiger partial charge in [0.05, 0.1) is 20.0 Å². The van der Waals surface area contributed by atoms with E-state index in [9.17, 15) is 8.42 Å². The van der Waals surface area contributed by atoms with Gasteiger partial charge in [-0.15, -0.1) is 0 Å². The first-order valence-corrected chi connectivity index (χ1v) is 12.4. The van der Waals surface area contributed by atoms with Crippen LogP contribution in [0.2, 0.25) is 0 Å². The molecule has 1 aromatic heterocycles. The molecule has 0 saturated heterocycles. The smallest absolute Gasteiger partial charge is 0.213 e. The Morgan fingerprint density at radius 1 is 1.00 bits per heavy atom. The van der Waals surface area contributed by atoms with Crippen molar-refractivity contribution in [2.45, 2.75) is 20.3 Å². The van der Waals surface area contributed by atoms with Crippen molar-refractivity contribution >= 4 is 26.5 Å². The lowest BCUT2D eigenvalue weighted by molar-refractivity contribution is 0.355. The zero-order chi connectivity index (χ0) is 23.1. The number of anilines is 1. The second kappa shape index (κ2) is 10.7. The zero-order valence-corrected chi connectivity index (χ0v) is 19.9. The van der Waals surface area contributed by atoms with Gasteiger partial charge in [0.1, 0.15) is 0 Å². The number of ether oxygens (including phenoxy) is 2. The number of benzene rings is 2. The lowest BCUT2D eigenvalue weighted by atomic mass is 10.00. The standard InChI is InChI=1S/C24H31N3O4S/c1-5-27(32(28,29)6-2)13-7-11-26-22-15-20(14-19-10-12-25-17-21(19)22)18-8-9-23(30-3)24(16-18)31-4/h8-10,12,14-17,26H,5-7,11,13H2,1-4H3. The number of hydrogen-bond donors (Lipinski definition) is 1. The van der Waals surface area contributed by atoms with Crippen molar-refractivity contribution in [3.8, 4) is 22.6 Å². The highest BCUT2D eigenvalue weighted by molar-refractivity contribution is 7.89. The average Bonchev–Trinajstić information content (AvgIpc) is 2.83. The van der Waals surface area contributed by atoms with E-state index in [0.29, 0.717) is 37.6 Å². The van der Waals surface area contributed by atoms with Crippen LogP contribution in [0.5, 0.6) is 11.5 Å². The summed E-state index contributed by atoms with van der Waals surface area (Å²) in [7, 11) is 0.0712. The van der Waals surface area contributed by atoms with Gasteiger partial charge in [-0.25, -0.2) is 12.7 Å². The van der Waals surface area contributed by atoms with Gasteiger partial charge in [-0.3, -0.25) is 4.98 Å². The molecule has 0 atom stereocenters. The first kappa shape index (κ1) is 23.8. The molecule has 0 aliphatic heterocycles. The van der Waals surface area contributed by atoms with Crippen LogP contribution in [0.25, 0.3) is 21.9 Å². The first-order chi connectivity index (χ1) is 15.4. The molecule has 172 valence electrons. The molecule has 0 fully saturated rings. The molecule has 1 heterocycles. The van der Waals surface area contributed by atoms with Gasteiger partial charge in [0.2, 0.25) is 10.0 Å². The number of nitrogens with zero attached hydrogens (tertiary/aromatic N) is 2. The number of methoxy groups -OCH3 is 2. The van der Waals surface area contributed by atoms with E-state index in [4.69, 9.17) is 9.47 Å². The predicted molar refractivity (Wildman–Crippen MR) is 130 cm³/mol. The van der Waals surface area contributed by atoms with Crippen LogP contribution in [0.4, 0.5) is 5.69 Å². The Morgan fingerprint density at radius 3 is 2.47 bits per heavy atom. The number of aromatic nitrogens is 1. The molecule has 0 bridgehead atoms. The Bertz CT molecular complexity index is 1170.